The number of halogens is 3. The minimum Gasteiger partial charge on any atom is -0.303 e. The maximum Gasteiger partial charge on any atom is 0.522 e. The van der Waals surface area contributed by atoms with E-state index in [9.17, 15) is 13.2 Å². The van der Waals surface area contributed by atoms with Crippen molar-refractivity contribution in [3.63, 3.8) is 0 Å². The van der Waals surface area contributed by atoms with Gasteiger partial charge in [0.1, 0.15) is 0 Å². The van der Waals surface area contributed by atoms with Crippen molar-refractivity contribution < 1.29 is 26.1 Å². The molecule has 1 saturated heterocycles. The molecule has 158 valence electrons. The number of unbranched alkanes of at least 4 members (excludes halogenated alkanes) is 6. The van der Waals surface area contributed by atoms with Crippen LogP contribution in [0.25, 0.3) is 0 Å². The molecule has 1 aliphatic rings. The van der Waals surface area contributed by atoms with Crippen LogP contribution in [0, 0.1) is 5.92 Å². The largest absolute Gasteiger partial charge is 0.522 e. The van der Waals surface area contributed by atoms with Crippen LogP contribution in [0.3, 0.4) is 0 Å². The molecule has 0 radical (unpaired) electrons. The van der Waals surface area contributed by atoms with Crippen molar-refractivity contribution >= 4 is 10.1 Å². The van der Waals surface area contributed by atoms with Gasteiger partial charge >= 0.3 is 15.6 Å². The van der Waals surface area contributed by atoms with E-state index in [-0.39, 0.29) is 0 Å². The number of rotatable bonds is 10. The fraction of sp³-hybridized carbons (Fsp3) is 1.00. The van der Waals surface area contributed by atoms with E-state index in [1.807, 2.05) is 0 Å². The van der Waals surface area contributed by atoms with Crippen molar-refractivity contribution in [1.29, 1.82) is 0 Å². The van der Waals surface area contributed by atoms with Gasteiger partial charge in [0.25, 0.3) is 0 Å². The highest BCUT2D eigenvalue weighted by atomic mass is 32.2. The summed E-state index contributed by atoms with van der Waals surface area (Å²) in [5.74, 6) is 1.01. The first-order chi connectivity index (χ1) is 12.1. The number of nitrogens with zero attached hydrogens (tertiary/aromatic N) is 1. The van der Waals surface area contributed by atoms with Crippen molar-refractivity contribution in [3.05, 3.63) is 0 Å². The molecule has 1 heterocycles. The van der Waals surface area contributed by atoms with Gasteiger partial charge in [-0.1, -0.05) is 58.8 Å². The zero-order valence-corrected chi connectivity index (χ0v) is 17.0. The van der Waals surface area contributed by atoms with Gasteiger partial charge in [0.05, 0.1) is 0 Å². The van der Waals surface area contributed by atoms with Crippen molar-refractivity contribution in [2.75, 3.05) is 19.6 Å². The monoisotopic (exact) mass is 403 g/mol. The van der Waals surface area contributed by atoms with E-state index in [0.717, 1.165) is 5.92 Å². The third kappa shape index (κ3) is 12.9. The smallest absolute Gasteiger partial charge is 0.303 e. The zero-order chi connectivity index (χ0) is 20.1. The molecule has 1 aliphatic heterocycles. The van der Waals surface area contributed by atoms with Gasteiger partial charge in [0.15, 0.2) is 0 Å². The van der Waals surface area contributed by atoms with Crippen LogP contribution in [0.1, 0.15) is 84.5 Å². The van der Waals surface area contributed by atoms with Gasteiger partial charge in [-0.3, -0.25) is 4.55 Å². The molecular weight excluding hydrogens is 367 g/mol. The Hall–Kier alpha value is -0.340. The average molecular weight is 404 g/mol. The first-order valence-corrected chi connectivity index (χ1v) is 11.3. The maximum absolute atomic E-state index is 10.7. The summed E-state index contributed by atoms with van der Waals surface area (Å²) in [6.07, 6.45) is 15.8. The topological polar surface area (TPSA) is 57.6 Å². The molecule has 0 amide bonds. The molecule has 0 spiro atoms. The second-order valence-corrected chi connectivity index (χ2v) is 8.55. The Morgan fingerprint density at radius 1 is 1.00 bits per heavy atom. The van der Waals surface area contributed by atoms with E-state index in [1.54, 1.807) is 0 Å². The molecule has 0 aromatic carbocycles. The van der Waals surface area contributed by atoms with Crippen molar-refractivity contribution in [2.24, 2.45) is 5.92 Å². The molecule has 26 heavy (non-hydrogen) atoms. The lowest BCUT2D eigenvalue weighted by Crippen LogP contribution is -2.36. The average Bonchev–Trinajstić information content (AvgIpc) is 2.55. The van der Waals surface area contributed by atoms with Crippen LogP contribution in [-0.4, -0.2) is 43.0 Å². The van der Waals surface area contributed by atoms with Gasteiger partial charge in [-0.25, -0.2) is 0 Å². The molecule has 0 bridgehead atoms. The van der Waals surface area contributed by atoms with E-state index in [0.29, 0.717) is 0 Å². The Morgan fingerprint density at radius 2 is 1.54 bits per heavy atom. The van der Waals surface area contributed by atoms with Crippen LogP contribution in [0.15, 0.2) is 0 Å². The van der Waals surface area contributed by atoms with Crippen LogP contribution in [0.2, 0.25) is 0 Å². The summed E-state index contributed by atoms with van der Waals surface area (Å²) in [6.45, 7) is 8.75. The number of likely N-dealkylation sites (tertiary alicyclic amines) is 1. The Balaban J connectivity index is 0.000000660. The number of alkyl halides is 3. The number of hydrogen-bond acceptors (Lipinski definition) is 3. The SMILES string of the molecule is CCCCCCCCN1CCCC(CCCC)C1.O=S(=O)(O)C(F)(F)F. The molecule has 0 aromatic heterocycles. The molecule has 8 heteroatoms. The van der Waals surface area contributed by atoms with Gasteiger partial charge in [-0.2, -0.15) is 21.6 Å². The summed E-state index contributed by atoms with van der Waals surface area (Å²) in [6, 6.07) is 0. The molecule has 1 unspecified atom stereocenters. The lowest BCUT2D eigenvalue weighted by atomic mass is 9.93. The third-order valence-electron chi connectivity index (χ3n) is 4.69. The normalized spacial score (nSPS) is 19.1. The lowest BCUT2D eigenvalue weighted by molar-refractivity contribution is -0.0510. The first-order valence-electron chi connectivity index (χ1n) is 9.87. The van der Waals surface area contributed by atoms with E-state index in [2.05, 4.69) is 18.7 Å². The predicted octanol–water partition coefficient (Wildman–Crippen LogP) is 5.64. The van der Waals surface area contributed by atoms with Crippen LogP contribution in [0.4, 0.5) is 13.2 Å². The molecule has 0 aromatic rings. The quantitative estimate of drug-likeness (QED) is 0.291. The third-order valence-corrected chi connectivity index (χ3v) is 5.27. The molecule has 1 fully saturated rings. The van der Waals surface area contributed by atoms with Gasteiger partial charge < -0.3 is 4.90 Å². The highest BCUT2D eigenvalue weighted by Gasteiger charge is 2.44. The van der Waals surface area contributed by atoms with E-state index < -0.39 is 15.6 Å². The minimum atomic E-state index is -5.84. The van der Waals surface area contributed by atoms with Gasteiger partial charge in [0, 0.05) is 6.54 Å². The molecule has 1 rings (SSSR count). The molecule has 1 N–H and O–H groups in total. The molecule has 0 aliphatic carbocycles. The second-order valence-electron chi connectivity index (χ2n) is 7.14. The first kappa shape index (κ1) is 25.7. The summed E-state index contributed by atoms with van der Waals surface area (Å²) >= 11 is 0. The molecule has 0 saturated carbocycles. The summed E-state index contributed by atoms with van der Waals surface area (Å²) < 4.78 is 57.5. The van der Waals surface area contributed by atoms with E-state index in [4.69, 9.17) is 13.0 Å². The Labute approximate surface area is 157 Å². The van der Waals surface area contributed by atoms with E-state index in [1.165, 1.54) is 90.3 Å². The van der Waals surface area contributed by atoms with Crippen molar-refractivity contribution in [2.45, 2.75) is 90.0 Å². The lowest BCUT2D eigenvalue weighted by Gasteiger charge is -2.32. The highest BCUT2D eigenvalue weighted by Crippen LogP contribution is 2.22. The zero-order valence-electron chi connectivity index (χ0n) is 16.2. The standard InChI is InChI=1S/C17H35N.CHF3O3S/c1-3-5-7-8-9-10-14-18-15-11-13-17(16-18)12-6-4-2;2-1(3,4)8(5,6)7/h17H,3-16H2,1-2H3;(H,5,6,7). The predicted molar refractivity (Wildman–Crippen MR) is 99.7 cm³/mol. The van der Waals surface area contributed by atoms with Gasteiger partial charge in [-0.05, 0) is 44.7 Å². The van der Waals surface area contributed by atoms with E-state index >= 15 is 0 Å². The number of piperidine rings is 1. The molecular formula is C18H36F3NO3S. The highest BCUT2D eigenvalue weighted by molar-refractivity contribution is 7.86. The summed E-state index contributed by atoms with van der Waals surface area (Å²) in [5.41, 5.74) is -5.53. The number of hydrogen-bond donors (Lipinski definition) is 1. The second kappa shape index (κ2) is 13.8. The van der Waals surface area contributed by atoms with Gasteiger partial charge in [-0.15, -0.1) is 0 Å². The van der Waals surface area contributed by atoms with Crippen LogP contribution >= 0.6 is 0 Å². The Bertz CT molecular complexity index is 441. The Kier molecular flexibility index (Phi) is 13.6. The van der Waals surface area contributed by atoms with Gasteiger partial charge in [0.2, 0.25) is 0 Å². The van der Waals surface area contributed by atoms with Crippen LogP contribution in [0.5, 0.6) is 0 Å². The fourth-order valence-corrected chi connectivity index (χ4v) is 3.20. The Morgan fingerprint density at radius 3 is 2.08 bits per heavy atom. The van der Waals surface area contributed by atoms with Crippen LogP contribution in [-0.2, 0) is 10.1 Å². The fourth-order valence-electron chi connectivity index (χ4n) is 3.20. The summed E-state index contributed by atoms with van der Waals surface area (Å²) in [4.78, 5) is 2.74. The van der Waals surface area contributed by atoms with Crippen LogP contribution < -0.4 is 0 Å². The minimum absolute atomic E-state index is 1.01. The molecule has 4 nitrogen and oxygen atoms in total. The van der Waals surface area contributed by atoms with Crippen molar-refractivity contribution in [3.8, 4) is 0 Å². The summed E-state index contributed by atoms with van der Waals surface area (Å²) in [7, 11) is -5.84. The van der Waals surface area contributed by atoms with Crippen molar-refractivity contribution in [1.82, 2.24) is 4.90 Å². The molecule has 1 atom stereocenters. The maximum atomic E-state index is 10.7. The summed E-state index contributed by atoms with van der Waals surface area (Å²) in [5, 5.41) is 0.